The Kier molecular flexibility index (Phi) is 3.24. The van der Waals surface area contributed by atoms with Crippen LogP contribution in [0.4, 0.5) is 0 Å². The van der Waals surface area contributed by atoms with Crippen molar-refractivity contribution in [2.24, 2.45) is 4.99 Å². The summed E-state index contributed by atoms with van der Waals surface area (Å²) >= 11 is 0. The smallest absolute Gasteiger partial charge is 0.0276 e. The molecule has 0 amide bonds. The average Bonchev–Trinajstić information content (AvgIpc) is 2.11. The van der Waals surface area contributed by atoms with Gasteiger partial charge in [0.2, 0.25) is 0 Å². The topological polar surface area (TPSA) is 12.4 Å². The summed E-state index contributed by atoms with van der Waals surface area (Å²) in [6, 6.07) is 6.59. The summed E-state index contributed by atoms with van der Waals surface area (Å²) in [6.45, 7) is 6.35. The number of hydrogen-bond donors (Lipinski definition) is 0. The SMILES string of the molecule is C/N=C(\C)Cc1ccc(C)c(C)c1. The van der Waals surface area contributed by atoms with Crippen LogP contribution >= 0.6 is 0 Å². The summed E-state index contributed by atoms with van der Waals surface area (Å²) in [7, 11) is 1.84. The van der Waals surface area contributed by atoms with Crippen LogP contribution in [0, 0.1) is 13.8 Å². The van der Waals surface area contributed by atoms with Crippen LogP contribution in [0.25, 0.3) is 0 Å². The van der Waals surface area contributed by atoms with Gasteiger partial charge in [0.25, 0.3) is 0 Å². The molecular weight excluding hydrogens is 158 g/mol. The maximum absolute atomic E-state index is 4.15. The summed E-state index contributed by atoms with van der Waals surface area (Å²) in [5.74, 6) is 0. The summed E-state index contributed by atoms with van der Waals surface area (Å²) in [5, 5.41) is 0. The minimum absolute atomic E-state index is 0.970. The van der Waals surface area contributed by atoms with E-state index in [-0.39, 0.29) is 0 Å². The monoisotopic (exact) mass is 175 g/mol. The molecule has 0 radical (unpaired) electrons. The van der Waals surface area contributed by atoms with Crippen molar-refractivity contribution in [2.75, 3.05) is 7.05 Å². The van der Waals surface area contributed by atoms with Crippen LogP contribution in [-0.4, -0.2) is 12.8 Å². The van der Waals surface area contributed by atoms with Crippen molar-refractivity contribution >= 4 is 5.71 Å². The van der Waals surface area contributed by atoms with Gasteiger partial charge >= 0.3 is 0 Å². The molecule has 0 spiro atoms. The van der Waals surface area contributed by atoms with E-state index < -0.39 is 0 Å². The largest absolute Gasteiger partial charge is 0.297 e. The van der Waals surface area contributed by atoms with Crippen molar-refractivity contribution in [3.8, 4) is 0 Å². The van der Waals surface area contributed by atoms with Crippen LogP contribution in [-0.2, 0) is 6.42 Å². The highest BCUT2D eigenvalue weighted by Gasteiger charge is 1.97. The Balaban J connectivity index is 2.86. The second-order valence-electron chi connectivity index (χ2n) is 3.55. The van der Waals surface area contributed by atoms with Gasteiger partial charge in [-0.15, -0.1) is 0 Å². The van der Waals surface area contributed by atoms with E-state index in [1.165, 1.54) is 22.4 Å². The van der Waals surface area contributed by atoms with Gasteiger partial charge in [0, 0.05) is 19.2 Å². The first-order valence-corrected chi connectivity index (χ1v) is 4.62. The lowest BCUT2D eigenvalue weighted by Crippen LogP contribution is -1.97. The fraction of sp³-hybridized carbons (Fsp3) is 0.417. The minimum atomic E-state index is 0.970. The van der Waals surface area contributed by atoms with Gasteiger partial charge in [-0.25, -0.2) is 0 Å². The van der Waals surface area contributed by atoms with Gasteiger partial charge in [0.1, 0.15) is 0 Å². The summed E-state index contributed by atoms with van der Waals surface area (Å²) in [5.41, 5.74) is 5.26. The van der Waals surface area contributed by atoms with Crippen molar-refractivity contribution < 1.29 is 0 Å². The Morgan fingerprint density at radius 1 is 1.23 bits per heavy atom. The molecule has 0 N–H and O–H groups in total. The van der Waals surface area contributed by atoms with Gasteiger partial charge in [-0.3, -0.25) is 4.99 Å². The van der Waals surface area contributed by atoms with Gasteiger partial charge in [0.15, 0.2) is 0 Å². The zero-order valence-corrected chi connectivity index (χ0v) is 8.89. The zero-order valence-electron chi connectivity index (χ0n) is 8.89. The van der Waals surface area contributed by atoms with Crippen LogP contribution in [0.1, 0.15) is 23.6 Å². The molecule has 0 aliphatic heterocycles. The maximum atomic E-state index is 4.15. The number of nitrogens with zero attached hydrogens (tertiary/aromatic N) is 1. The van der Waals surface area contributed by atoms with Crippen LogP contribution in [0.3, 0.4) is 0 Å². The minimum Gasteiger partial charge on any atom is -0.297 e. The van der Waals surface area contributed by atoms with Crippen LogP contribution in [0.15, 0.2) is 23.2 Å². The van der Waals surface area contributed by atoms with Gasteiger partial charge < -0.3 is 0 Å². The molecule has 0 unspecified atom stereocenters. The first-order chi connectivity index (χ1) is 6.13. The van der Waals surface area contributed by atoms with Gasteiger partial charge in [0.05, 0.1) is 0 Å². The third-order valence-corrected chi connectivity index (χ3v) is 2.41. The Bertz CT molecular complexity index is 324. The molecule has 0 saturated heterocycles. The summed E-state index contributed by atoms with van der Waals surface area (Å²) in [6.07, 6.45) is 0.970. The number of aryl methyl sites for hydroxylation is 2. The highest BCUT2D eigenvalue weighted by molar-refractivity contribution is 5.84. The molecule has 1 nitrogen and oxygen atoms in total. The fourth-order valence-corrected chi connectivity index (χ4v) is 1.29. The number of rotatable bonds is 2. The summed E-state index contributed by atoms with van der Waals surface area (Å²) < 4.78 is 0. The van der Waals surface area contributed by atoms with Crippen LogP contribution in [0.2, 0.25) is 0 Å². The standard InChI is InChI=1S/C12H17N/c1-9-5-6-12(7-10(9)2)8-11(3)13-4/h5-7H,8H2,1-4H3/b13-11+. The van der Waals surface area contributed by atoms with Crippen LogP contribution < -0.4 is 0 Å². The Morgan fingerprint density at radius 3 is 2.46 bits per heavy atom. The van der Waals surface area contributed by atoms with Crippen molar-refractivity contribution in [3.05, 3.63) is 34.9 Å². The molecule has 0 saturated carbocycles. The predicted molar refractivity (Wildman–Crippen MR) is 58.7 cm³/mol. The molecule has 1 aromatic rings. The predicted octanol–water partition coefficient (Wildman–Crippen LogP) is 2.94. The quantitative estimate of drug-likeness (QED) is 0.613. The second-order valence-corrected chi connectivity index (χ2v) is 3.55. The molecular formula is C12H17N. The zero-order chi connectivity index (χ0) is 9.84. The molecule has 70 valence electrons. The van der Waals surface area contributed by atoms with Crippen molar-refractivity contribution in [3.63, 3.8) is 0 Å². The van der Waals surface area contributed by atoms with E-state index >= 15 is 0 Å². The summed E-state index contributed by atoms with van der Waals surface area (Å²) in [4.78, 5) is 4.15. The molecule has 0 bridgehead atoms. The van der Waals surface area contributed by atoms with Crippen molar-refractivity contribution in [1.82, 2.24) is 0 Å². The first-order valence-electron chi connectivity index (χ1n) is 4.62. The third-order valence-electron chi connectivity index (χ3n) is 2.41. The number of hydrogen-bond acceptors (Lipinski definition) is 1. The number of aliphatic imine (C=N–C) groups is 1. The van der Waals surface area contributed by atoms with Gasteiger partial charge in [-0.05, 0) is 37.5 Å². The lowest BCUT2D eigenvalue weighted by Gasteiger charge is -2.04. The van der Waals surface area contributed by atoms with E-state index in [1.807, 2.05) is 7.05 Å². The molecule has 0 heterocycles. The first kappa shape index (κ1) is 9.97. The van der Waals surface area contributed by atoms with E-state index in [9.17, 15) is 0 Å². The Hall–Kier alpha value is -1.11. The highest BCUT2D eigenvalue weighted by atomic mass is 14.7. The Labute approximate surface area is 80.5 Å². The second kappa shape index (κ2) is 4.22. The molecule has 1 heteroatoms. The van der Waals surface area contributed by atoms with E-state index in [1.54, 1.807) is 0 Å². The molecule has 0 aliphatic rings. The Morgan fingerprint density at radius 2 is 1.92 bits per heavy atom. The van der Waals surface area contributed by atoms with E-state index in [0.717, 1.165) is 6.42 Å². The van der Waals surface area contributed by atoms with Crippen LogP contribution in [0.5, 0.6) is 0 Å². The molecule has 1 aromatic carbocycles. The molecule has 0 fully saturated rings. The maximum Gasteiger partial charge on any atom is 0.0276 e. The number of benzene rings is 1. The van der Waals surface area contributed by atoms with E-state index in [2.05, 4.69) is 44.0 Å². The lowest BCUT2D eigenvalue weighted by atomic mass is 10.0. The average molecular weight is 175 g/mol. The molecule has 0 aliphatic carbocycles. The van der Waals surface area contributed by atoms with Crippen molar-refractivity contribution in [2.45, 2.75) is 27.2 Å². The van der Waals surface area contributed by atoms with Gasteiger partial charge in [-0.2, -0.15) is 0 Å². The molecule has 1 rings (SSSR count). The van der Waals surface area contributed by atoms with Gasteiger partial charge in [-0.1, -0.05) is 18.2 Å². The third kappa shape index (κ3) is 2.69. The molecule has 0 atom stereocenters. The fourth-order valence-electron chi connectivity index (χ4n) is 1.29. The lowest BCUT2D eigenvalue weighted by molar-refractivity contribution is 1.23. The van der Waals surface area contributed by atoms with E-state index in [4.69, 9.17) is 0 Å². The molecule has 0 aromatic heterocycles. The van der Waals surface area contributed by atoms with Crippen molar-refractivity contribution in [1.29, 1.82) is 0 Å². The molecule has 13 heavy (non-hydrogen) atoms. The normalized spacial score (nSPS) is 11.8. The highest BCUT2D eigenvalue weighted by Crippen LogP contribution is 2.10. The van der Waals surface area contributed by atoms with E-state index in [0.29, 0.717) is 0 Å².